The molecule has 128 valence electrons. The molecule has 0 bridgehead atoms. The quantitative estimate of drug-likeness (QED) is 0.357. The van der Waals surface area contributed by atoms with Gasteiger partial charge in [-0.1, -0.05) is 40.3 Å². The van der Waals surface area contributed by atoms with Gasteiger partial charge in [0.15, 0.2) is 11.5 Å². The molecule has 0 saturated heterocycles. The van der Waals surface area contributed by atoms with E-state index in [0.29, 0.717) is 22.6 Å². The first-order valence-corrected chi connectivity index (χ1v) is 9.10. The fourth-order valence-corrected chi connectivity index (χ4v) is 2.97. The third kappa shape index (κ3) is 5.30. The Hall–Kier alpha value is -1.88. The minimum Gasteiger partial charge on any atom is -0.493 e. The average Bonchev–Trinajstić information content (AvgIpc) is 2.59. The lowest BCUT2D eigenvalue weighted by Crippen LogP contribution is -2.09. The topological polar surface area (TPSA) is 68.3 Å². The van der Waals surface area contributed by atoms with Gasteiger partial charge in [0.25, 0.3) is 0 Å². The highest BCUT2D eigenvalue weighted by molar-refractivity contribution is 9.10. The second-order valence-corrected chi connectivity index (χ2v) is 7.19. The van der Waals surface area contributed by atoms with E-state index in [-0.39, 0.29) is 10.6 Å². The van der Waals surface area contributed by atoms with Gasteiger partial charge in [0.05, 0.1) is 17.2 Å². The number of nitrogens with two attached hydrogens (primary N) is 1. The lowest BCUT2D eigenvalue weighted by atomic mass is 10.1. The number of nitrogens with zero attached hydrogens (tertiary/aromatic N) is 1. The highest BCUT2D eigenvalue weighted by Crippen LogP contribution is 2.37. The van der Waals surface area contributed by atoms with Gasteiger partial charge in [0.2, 0.25) is 0 Å². The van der Waals surface area contributed by atoms with E-state index in [1.165, 1.54) is 0 Å². The zero-order chi connectivity index (χ0) is 18.4. The molecular formula is C18H14Br2N2O2S. The number of thiocarbonyl (C=S) groups is 1. The standard InChI is InChI=1S/C18H14Br2N2O2S/c1-23-16-8-12(6-13(9-21)18(22)25)7-15(20)17(16)24-10-11-2-4-14(19)5-3-11/h2-8H,10H2,1H3,(H2,22,25)/b13-6+. The van der Waals surface area contributed by atoms with Crippen LogP contribution in [0.15, 0.2) is 50.9 Å². The first-order valence-electron chi connectivity index (χ1n) is 7.11. The van der Waals surface area contributed by atoms with Crippen molar-refractivity contribution in [1.82, 2.24) is 0 Å². The van der Waals surface area contributed by atoms with Crippen molar-refractivity contribution in [3.63, 3.8) is 0 Å². The number of hydrogen-bond acceptors (Lipinski definition) is 4. The van der Waals surface area contributed by atoms with E-state index >= 15 is 0 Å². The van der Waals surface area contributed by atoms with Crippen molar-refractivity contribution >= 4 is 55.1 Å². The van der Waals surface area contributed by atoms with Crippen LogP contribution in [0.1, 0.15) is 11.1 Å². The Kier molecular flexibility index (Phi) is 7.00. The summed E-state index contributed by atoms with van der Waals surface area (Å²) < 4.78 is 13.0. The molecule has 4 nitrogen and oxygen atoms in total. The Morgan fingerprint density at radius 1 is 1.28 bits per heavy atom. The third-order valence-electron chi connectivity index (χ3n) is 3.25. The van der Waals surface area contributed by atoms with E-state index in [1.54, 1.807) is 19.3 Å². The minimum atomic E-state index is 0.0492. The van der Waals surface area contributed by atoms with E-state index < -0.39 is 0 Å². The number of hydrogen-bond donors (Lipinski definition) is 1. The molecule has 25 heavy (non-hydrogen) atoms. The lowest BCUT2D eigenvalue weighted by Gasteiger charge is -2.14. The van der Waals surface area contributed by atoms with Crippen molar-refractivity contribution in [2.45, 2.75) is 6.61 Å². The molecule has 0 amide bonds. The van der Waals surface area contributed by atoms with Crippen LogP contribution in [0.2, 0.25) is 0 Å². The summed E-state index contributed by atoms with van der Waals surface area (Å²) in [7, 11) is 1.56. The van der Waals surface area contributed by atoms with Crippen LogP contribution in [0.4, 0.5) is 0 Å². The molecule has 2 rings (SSSR count). The smallest absolute Gasteiger partial charge is 0.175 e. The molecule has 0 atom stereocenters. The van der Waals surface area contributed by atoms with E-state index in [9.17, 15) is 0 Å². The first-order chi connectivity index (χ1) is 11.9. The van der Waals surface area contributed by atoms with Crippen molar-refractivity contribution in [2.75, 3.05) is 7.11 Å². The molecule has 0 aromatic heterocycles. The van der Waals surface area contributed by atoms with Crippen LogP contribution in [0, 0.1) is 11.3 Å². The number of rotatable bonds is 6. The molecule has 2 aromatic carbocycles. The molecule has 0 saturated carbocycles. The van der Waals surface area contributed by atoms with Gasteiger partial charge in [-0.2, -0.15) is 5.26 Å². The fraction of sp³-hybridized carbons (Fsp3) is 0.111. The average molecular weight is 482 g/mol. The molecule has 0 fully saturated rings. The molecule has 2 N–H and O–H groups in total. The second kappa shape index (κ2) is 8.99. The lowest BCUT2D eigenvalue weighted by molar-refractivity contribution is 0.282. The third-order valence-corrected chi connectivity index (χ3v) is 4.58. The van der Waals surface area contributed by atoms with Crippen LogP contribution >= 0.6 is 44.1 Å². The molecule has 7 heteroatoms. The van der Waals surface area contributed by atoms with Gasteiger partial charge in [-0.25, -0.2) is 0 Å². The maximum Gasteiger partial charge on any atom is 0.175 e. The molecule has 0 aliphatic rings. The summed E-state index contributed by atoms with van der Waals surface area (Å²) in [4.78, 5) is 0.0492. The van der Waals surface area contributed by atoms with Crippen LogP contribution in [-0.2, 0) is 6.61 Å². The predicted molar refractivity (Wildman–Crippen MR) is 110 cm³/mol. The number of nitriles is 1. The van der Waals surface area contributed by atoms with Crippen molar-refractivity contribution in [2.24, 2.45) is 5.73 Å². The van der Waals surface area contributed by atoms with Gasteiger partial charge >= 0.3 is 0 Å². The van der Waals surface area contributed by atoms with Gasteiger partial charge in [-0.15, -0.1) is 0 Å². The van der Waals surface area contributed by atoms with Crippen LogP contribution in [-0.4, -0.2) is 12.1 Å². The Bertz CT molecular complexity index is 859. The molecule has 0 aliphatic carbocycles. The van der Waals surface area contributed by atoms with Gasteiger partial charge in [0.1, 0.15) is 17.7 Å². The molecular weight excluding hydrogens is 468 g/mol. The van der Waals surface area contributed by atoms with Gasteiger partial charge in [0, 0.05) is 4.47 Å². The van der Waals surface area contributed by atoms with Crippen molar-refractivity contribution in [3.8, 4) is 17.6 Å². The summed E-state index contributed by atoms with van der Waals surface area (Å²) in [6, 6.07) is 13.4. The van der Waals surface area contributed by atoms with Crippen molar-refractivity contribution in [1.29, 1.82) is 5.26 Å². The van der Waals surface area contributed by atoms with Crippen LogP contribution in [0.3, 0.4) is 0 Å². The summed E-state index contributed by atoms with van der Waals surface area (Å²) in [5.41, 5.74) is 7.51. The van der Waals surface area contributed by atoms with Crippen molar-refractivity contribution < 1.29 is 9.47 Å². The van der Waals surface area contributed by atoms with E-state index in [1.807, 2.05) is 36.4 Å². The van der Waals surface area contributed by atoms with Gasteiger partial charge < -0.3 is 15.2 Å². The minimum absolute atomic E-state index is 0.0492. The summed E-state index contributed by atoms with van der Waals surface area (Å²) in [6.07, 6.45) is 1.61. The molecule has 0 aliphatic heterocycles. The zero-order valence-corrected chi connectivity index (χ0v) is 17.2. The Morgan fingerprint density at radius 2 is 1.96 bits per heavy atom. The fourth-order valence-electron chi connectivity index (χ4n) is 2.02. The Labute approximate surface area is 168 Å². The number of halogens is 2. The maximum absolute atomic E-state index is 9.08. The normalized spacial score (nSPS) is 10.9. The molecule has 2 aromatic rings. The molecule has 0 radical (unpaired) electrons. The Balaban J connectivity index is 2.29. The van der Waals surface area contributed by atoms with E-state index in [2.05, 4.69) is 31.9 Å². The first kappa shape index (κ1) is 19.4. The second-order valence-electron chi connectivity index (χ2n) is 4.98. The summed E-state index contributed by atoms with van der Waals surface area (Å²) in [5.74, 6) is 1.12. The van der Waals surface area contributed by atoms with Gasteiger partial charge in [-0.05, 0) is 57.4 Å². The maximum atomic E-state index is 9.08. The highest BCUT2D eigenvalue weighted by atomic mass is 79.9. The SMILES string of the molecule is COc1cc(/C=C(\C#N)C(N)=S)cc(Br)c1OCc1ccc(Br)cc1. The van der Waals surface area contributed by atoms with Crippen LogP contribution in [0.5, 0.6) is 11.5 Å². The largest absolute Gasteiger partial charge is 0.493 e. The molecule has 0 heterocycles. The van der Waals surface area contributed by atoms with Crippen LogP contribution in [0.25, 0.3) is 6.08 Å². The zero-order valence-electron chi connectivity index (χ0n) is 13.3. The number of ether oxygens (including phenoxy) is 2. The Morgan fingerprint density at radius 3 is 2.52 bits per heavy atom. The van der Waals surface area contributed by atoms with Crippen LogP contribution < -0.4 is 15.2 Å². The number of methoxy groups -OCH3 is 1. The van der Waals surface area contributed by atoms with E-state index in [4.69, 9.17) is 32.7 Å². The number of benzene rings is 2. The predicted octanol–water partition coefficient (Wildman–Crippen LogP) is 4.99. The molecule has 0 unspecified atom stereocenters. The van der Waals surface area contributed by atoms with Gasteiger partial charge in [-0.3, -0.25) is 0 Å². The molecule has 0 spiro atoms. The summed E-state index contributed by atoms with van der Waals surface area (Å²) >= 11 is 11.7. The summed E-state index contributed by atoms with van der Waals surface area (Å²) in [5, 5.41) is 9.08. The summed E-state index contributed by atoms with van der Waals surface area (Å²) in [6.45, 7) is 0.397. The highest BCUT2D eigenvalue weighted by Gasteiger charge is 2.12. The van der Waals surface area contributed by atoms with E-state index in [0.717, 1.165) is 15.6 Å². The monoisotopic (exact) mass is 480 g/mol. The van der Waals surface area contributed by atoms with Crippen molar-refractivity contribution in [3.05, 3.63) is 62.0 Å².